The van der Waals surface area contributed by atoms with Crippen molar-refractivity contribution in [2.24, 2.45) is 0 Å². The number of fused-ring (bicyclic) bond motifs is 2. The molecule has 7 heteroatoms. The average Bonchev–Trinajstić information content (AvgIpc) is 3.20. The fraction of sp³-hybridized carbons (Fsp3) is 0.0417. The van der Waals surface area contributed by atoms with Gasteiger partial charge in [0.05, 0.1) is 26.7 Å². The van der Waals surface area contributed by atoms with Crippen molar-refractivity contribution in [2.75, 3.05) is 5.32 Å². The van der Waals surface area contributed by atoms with Crippen LogP contribution >= 0.6 is 11.3 Å². The van der Waals surface area contributed by atoms with Gasteiger partial charge in [-0.05, 0) is 35.0 Å². The van der Waals surface area contributed by atoms with Crippen LogP contribution in [0.15, 0.2) is 84.9 Å². The molecule has 0 aliphatic rings. The Hall–Kier alpha value is -3.97. The van der Waals surface area contributed by atoms with Crippen LogP contribution in [-0.4, -0.2) is 15.0 Å². The molecule has 2 N–H and O–H groups in total. The zero-order valence-corrected chi connectivity index (χ0v) is 17.0. The third kappa shape index (κ3) is 3.45. The van der Waals surface area contributed by atoms with Crippen molar-refractivity contribution in [1.82, 2.24) is 4.98 Å². The van der Waals surface area contributed by atoms with Gasteiger partial charge in [-0.1, -0.05) is 65.9 Å². The van der Waals surface area contributed by atoms with E-state index in [4.69, 9.17) is 0 Å². The second kappa shape index (κ2) is 7.70. The number of phenols is 1. The molecule has 1 aromatic heterocycles. The van der Waals surface area contributed by atoms with E-state index >= 15 is 0 Å². The Kier molecular flexibility index (Phi) is 4.72. The minimum absolute atomic E-state index is 0.0200. The van der Waals surface area contributed by atoms with E-state index in [1.807, 2.05) is 54.6 Å². The second-order valence-corrected chi connectivity index (χ2v) is 8.13. The van der Waals surface area contributed by atoms with E-state index in [1.165, 1.54) is 17.4 Å². The van der Waals surface area contributed by atoms with Crippen molar-refractivity contribution >= 4 is 43.1 Å². The Balaban J connectivity index is 1.74. The quantitative estimate of drug-likeness (QED) is 0.255. The summed E-state index contributed by atoms with van der Waals surface area (Å²) in [6, 6.07) is 24.8. The number of aromatic hydroxyl groups is 1. The Morgan fingerprint density at radius 2 is 1.68 bits per heavy atom. The molecule has 0 fully saturated rings. The van der Waals surface area contributed by atoms with Gasteiger partial charge in [0.2, 0.25) is 0 Å². The maximum Gasteiger partial charge on any atom is 0.275 e. The number of rotatable bonds is 5. The molecule has 0 amide bonds. The Morgan fingerprint density at radius 1 is 0.935 bits per heavy atom. The number of nitro benzene ring substituents is 1. The lowest BCUT2D eigenvalue weighted by Gasteiger charge is -2.22. The molecule has 0 spiro atoms. The number of phenolic OH excluding ortho intramolecular Hbond substituents is 1. The number of anilines is 1. The Bertz CT molecular complexity index is 1400. The lowest BCUT2D eigenvalue weighted by atomic mass is 9.92. The van der Waals surface area contributed by atoms with Gasteiger partial charge in [0, 0.05) is 11.6 Å². The SMILES string of the molecule is O=[N+]([O-])c1ccccc1C(Nc1nc2ccccc2s1)c1c(O)ccc2ccccc12. The summed E-state index contributed by atoms with van der Waals surface area (Å²) < 4.78 is 1.01. The molecule has 0 aliphatic carbocycles. The van der Waals surface area contributed by atoms with Crippen molar-refractivity contribution in [1.29, 1.82) is 0 Å². The van der Waals surface area contributed by atoms with E-state index in [-0.39, 0.29) is 11.4 Å². The number of nitro groups is 1. The van der Waals surface area contributed by atoms with Crippen molar-refractivity contribution in [3.05, 3.63) is 106 Å². The highest BCUT2D eigenvalue weighted by atomic mass is 32.1. The number of nitrogens with zero attached hydrogens (tertiary/aromatic N) is 2. The summed E-state index contributed by atoms with van der Waals surface area (Å²) in [6.07, 6.45) is 0. The van der Waals surface area contributed by atoms with Gasteiger partial charge in [0.15, 0.2) is 5.13 Å². The van der Waals surface area contributed by atoms with Gasteiger partial charge >= 0.3 is 0 Å². The van der Waals surface area contributed by atoms with Crippen LogP contribution < -0.4 is 5.32 Å². The Labute approximate surface area is 181 Å². The van der Waals surface area contributed by atoms with Gasteiger partial charge in [-0.3, -0.25) is 10.1 Å². The van der Waals surface area contributed by atoms with E-state index in [9.17, 15) is 15.2 Å². The van der Waals surface area contributed by atoms with Crippen molar-refractivity contribution in [3.8, 4) is 5.75 Å². The third-order valence-electron chi connectivity index (χ3n) is 5.24. The molecule has 31 heavy (non-hydrogen) atoms. The topological polar surface area (TPSA) is 88.3 Å². The average molecular weight is 427 g/mol. The molecule has 0 bridgehead atoms. The lowest BCUT2D eigenvalue weighted by molar-refractivity contribution is -0.385. The first kappa shape index (κ1) is 19.0. The minimum Gasteiger partial charge on any atom is -0.508 e. The van der Waals surface area contributed by atoms with Crippen molar-refractivity contribution in [3.63, 3.8) is 0 Å². The zero-order chi connectivity index (χ0) is 21.4. The molecule has 0 radical (unpaired) electrons. The molecule has 1 unspecified atom stereocenters. The molecule has 152 valence electrons. The van der Waals surface area contributed by atoms with Crippen LogP contribution in [0, 0.1) is 10.1 Å². The summed E-state index contributed by atoms with van der Waals surface area (Å²) in [4.78, 5) is 16.0. The summed E-state index contributed by atoms with van der Waals surface area (Å²) in [5.41, 5.74) is 1.86. The predicted octanol–water partition coefficient (Wildman–Crippen LogP) is 6.26. The largest absolute Gasteiger partial charge is 0.508 e. The number of hydrogen-bond acceptors (Lipinski definition) is 6. The number of hydrogen-bond donors (Lipinski definition) is 2. The van der Waals surface area contributed by atoms with Crippen LogP contribution in [0.2, 0.25) is 0 Å². The molecule has 0 saturated carbocycles. The lowest BCUT2D eigenvalue weighted by Crippen LogP contribution is -2.15. The smallest absolute Gasteiger partial charge is 0.275 e. The first-order valence-electron chi connectivity index (χ1n) is 9.68. The summed E-state index contributed by atoms with van der Waals surface area (Å²) in [6.45, 7) is 0. The monoisotopic (exact) mass is 427 g/mol. The summed E-state index contributed by atoms with van der Waals surface area (Å²) in [5.74, 6) is 0.0652. The van der Waals surface area contributed by atoms with E-state index < -0.39 is 11.0 Å². The van der Waals surface area contributed by atoms with Gasteiger partial charge in [0.1, 0.15) is 5.75 Å². The predicted molar refractivity (Wildman–Crippen MR) is 124 cm³/mol. The summed E-state index contributed by atoms with van der Waals surface area (Å²) in [7, 11) is 0. The molecule has 4 aromatic carbocycles. The first-order chi connectivity index (χ1) is 15.1. The van der Waals surface area contributed by atoms with E-state index in [0.29, 0.717) is 16.3 Å². The summed E-state index contributed by atoms with van der Waals surface area (Å²) >= 11 is 1.47. The molecule has 1 atom stereocenters. The molecule has 0 aliphatic heterocycles. The van der Waals surface area contributed by atoms with Crippen LogP contribution in [0.4, 0.5) is 10.8 Å². The van der Waals surface area contributed by atoms with E-state index in [1.54, 1.807) is 24.3 Å². The molecular formula is C24H17N3O3S. The van der Waals surface area contributed by atoms with E-state index in [2.05, 4.69) is 10.3 Å². The van der Waals surface area contributed by atoms with Gasteiger partial charge < -0.3 is 10.4 Å². The Morgan fingerprint density at radius 3 is 2.52 bits per heavy atom. The number of thiazole rings is 1. The molecule has 6 nitrogen and oxygen atoms in total. The number of aromatic nitrogens is 1. The molecule has 1 heterocycles. The molecule has 5 aromatic rings. The van der Waals surface area contributed by atoms with Crippen LogP contribution in [-0.2, 0) is 0 Å². The van der Waals surface area contributed by atoms with Gasteiger partial charge in [0.25, 0.3) is 5.69 Å². The van der Waals surface area contributed by atoms with Crippen LogP contribution in [0.1, 0.15) is 17.2 Å². The van der Waals surface area contributed by atoms with Crippen LogP contribution in [0.25, 0.3) is 21.0 Å². The number of benzene rings is 4. The highest BCUT2D eigenvalue weighted by molar-refractivity contribution is 7.22. The van der Waals surface area contributed by atoms with Gasteiger partial charge in [-0.15, -0.1) is 0 Å². The highest BCUT2D eigenvalue weighted by Crippen LogP contribution is 2.41. The zero-order valence-electron chi connectivity index (χ0n) is 16.2. The van der Waals surface area contributed by atoms with Gasteiger partial charge in [-0.2, -0.15) is 0 Å². The first-order valence-corrected chi connectivity index (χ1v) is 10.5. The van der Waals surface area contributed by atoms with Crippen molar-refractivity contribution in [2.45, 2.75) is 6.04 Å². The van der Waals surface area contributed by atoms with Crippen LogP contribution in [0.5, 0.6) is 5.75 Å². The fourth-order valence-corrected chi connectivity index (χ4v) is 4.74. The number of nitrogens with one attached hydrogen (secondary N) is 1. The second-order valence-electron chi connectivity index (χ2n) is 7.10. The standard InChI is InChI=1S/C24H17N3O3S/c28-20-14-13-15-7-1-2-8-16(15)22(20)23(17-9-3-5-11-19(17)27(29)30)26-24-25-18-10-4-6-12-21(18)31-24/h1-14,23,28H,(H,25,26). The molecule has 0 saturated heterocycles. The number of para-hydroxylation sites is 2. The van der Waals surface area contributed by atoms with Crippen LogP contribution in [0.3, 0.4) is 0 Å². The normalized spacial score (nSPS) is 12.1. The fourth-order valence-electron chi connectivity index (χ4n) is 3.85. The van der Waals surface area contributed by atoms with Crippen molar-refractivity contribution < 1.29 is 10.0 Å². The third-order valence-corrected chi connectivity index (χ3v) is 6.21. The maximum atomic E-state index is 11.8. The maximum absolute atomic E-state index is 11.8. The van der Waals surface area contributed by atoms with E-state index in [0.717, 1.165) is 21.0 Å². The highest BCUT2D eigenvalue weighted by Gasteiger charge is 2.28. The molecular weight excluding hydrogens is 410 g/mol. The van der Waals surface area contributed by atoms with Gasteiger partial charge in [-0.25, -0.2) is 4.98 Å². The minimum atomic E-state index is -0.673. The summed E-state index contributed by atoms with van der Waals surface area (Å²) in [5, 5.41) is 28.4. The molecule has 5 rings (SSSR count).